The van der Waals surface area contributed by atoms with Gasteiger partial charge in [-0.1, -0.05) is 24.3 Å². The van der Waals surface area contributed by atoms with Gasteiger partial charge >= 0.3 is 6.18 Å². The number of halogens is 4. The molecule has 4 N–H and O–H groups in total. The Bertz CT molecular complexity index is 814. The summed E-state index contributed by atoms with van der Waals surface area (Å²) in [7, 11) is 1.57. The third kappa shape index (κ3) is 7.88. The Balaban J connectivity index is 0.00000480. The van der Waals surface area contributed by atoms with E-state index in [2.05, 4.69) is 0 Å². The normalized spacial score (nSPS) is 11.7. The fourth-order valence-corrected chi connectivity index (χ4v) is 3.04. The highest BCUT2D eigenvalue weighted by Gasteiger charge is 2.35. The second-order valence-electron chi connectivity index (χ2n) is 7.27. The van der Waals surface area contributed by atoms with Gasteiger partial charge in [0.25, 0.3) is 0 Å². The molecule has 0 saturated carbocycles. The quantitative estimate of drug-likeness (QED) is 0.442. The first-order valence-corrected chi connectivity index (χ1v) is 9.68. The van der Waals surface area contributed by atoms with Crippen LogP contribution >= 0.6 is 12.4 Å². The number of aliphatic hydroxyl groups excluding tert-OH is 2. The number of para-hydroxylation sites is 1. The molecular formula is C22H29ClF3NO4. The molecule has 0 radical (unpaired) electrons. The zero-order valence-electron chi connectivity index (χ0n) is 17.3. The molecule has 0 spiro atoms. The van der Waals surface area contributed by atoms with Crippen molar-refractivity contribution in [2.75, 3.05) is 26.9 Å². The molecule has 2 aromatic carbocycles. The van der Waals surface area contributed by atoms with Crippen LogP contribution in [0.4, 0.5) is 13.2 Å². The molecular weight excluding hydrogens is 435 g/mol. The number of alkyl halides is 3. The summed E-state index contributed by atoms with van der Waals surface area (Å²) in [5, 5.41) is 18.5. The van der Waals surface area contributed by atoms with Gasteiger partial charge in [-0.15, -0.1) is 12.4 Å². The maximum absolute atomic E-state index is 13.5. The Morgan fingerprint density at radius 2 is 1.65 bits per heavy atom. The van der Waals surface area contributed by atoms with Crippen LogP contribution in [0.2, 0.25) is 0 Å². The first-order valence-electron chi connectivity index (χ1n) is 9.68. The van der Waals surface area contributed by atoms with Crippen LogP contribution in [-0.4, -0.2) is 42.7 Å². The van der Waals surface area contributed by atoms with Gasteiger partial charge in [0.2, 0.25) is 0 Å². The van der Waals surface area contributed by atoms with Gasteiger partial charge in [0.15, 0.2) is 0 Å². The van der Waals surface area contributed by atoms with Crippen LogP contribution in [0.5, 0.6) is 11.5 Å². The lowest BCUT2D eigenvalue weighted by Gasteiger charge is -2.24. The lowest BCUT2D eigenvalue weighted by Crippen LogP contribution is -2.47. The minimum Gasteiger partial charge on any atom is -0.496 e. The highest BCUT2D eigenvalue weighted by Crippen LogP contribution is 2.37. The van der Waals surface area contributed by atoms with Crippen molar-refractivity contribution in [3.8, 4) is 11.5 Å². The maximum atomic E-state index is 13.5. The second-order valence-corrected chi connectivity index (χ2v) is 7.27. The fourth-order valence-electron chi connectivity index (χ4n) is 3.04. The zero-order valence-corrected chi connectivity index (χ0v) is 18.1. The van der Waals surface area contributed by atoms with Crippen molar-refractivity contribution in [1.29, 1.82) is 0 Å². The van der Waals surface area contributed by atoms with E-state index in [0.717, 1.165) is 17.4 Å². The average Bonchev–Trinajstić information content (AvgIpc) is 2.75. The molecule has 5 nitrogen and oxygen atoms in total. The van der Waals surface area contributed by atoms with E-state index in [1.165, 1.54) is 6.07 Å². The average molecular weight is 464 g/mol. The van der Waals surface area contributed by atoms with Crippen molar-refractivity contribution >= 4 is 12.4 Å². The minimum absolute atomic E-state index is 0. The largest absolute Gasteiger partial charge is 0.496 e. The van der Waals surface area contributed by atoms with Gasteiger partial charge < -0.3 is 25.4 Å². The van der Waals surface area contributed by atoms with Crippen LogP contribution in [0.1, 0.15) is 29.5 Å². The summed E-state index contributed by atoms with van der Waals surface area (Å²) in [6, 6.07) is 11.3. The van der Waals surface area contributed by atoms with Crippen molar-refractivity contribution in [2.24, 2.45) is 5.73 Å². The van der Waals surface area contributed by atoms with Gasteiger partial charge in [0.1, 0.15) is 11.5 Å². The van der Waals surface area contributed by atoms with E-state index in [4.69, 9.17) is 15.2 Å². The van der Waals surface area contributed by atoms with Crippen LogP contribution in [-0.2, 0) is 19.0 Å². The molecule has 0 heterocycles. The Kier molecular flexibility index (Phi) is 10.6. The number of ether oxygens (including phenoxy) is 2. The Morgan fingerprint density at radius 3 is 2.26 bits per heavy atom. The highest BCUT2D eigenvalue weighted by molar-refractivity contribution is 5.85. The van der Waals surface area contributed by atoms with Crippen molar-refractivity contribution in [2.45, 2.75) is 37.4 Å². The monoisotopic (exact) mass is 463 g/mol. The molecule has 0 aliphatic carbocycles. The van der Waals surface area contributed by atoms with Gasteiger partial charge in [-0.25, -0.2) is 0 Å². The molecule has 2 rings (SSSR count). The number of nitrogens with two attached hydrogens (primary N) is 1. The molecule has 2 aromatic rings. The first-order chi connectivity index (χ1) is 14.2. The summed E-state index contributed by atoms with van der Waals surface area (Å²) in [5.74, 6) is 0.508. The third-order valence-electron chi connectivity index (χ3n) is 4.93. The van der Waals surface area contributed by atoms with E-state index in [1.807, 2.05) is 24.3 Å². The molecule has 0 aliphatic heterocycles. The minimum atomic E-state index is -4.57. The van der Waals surface area contributed by atoms with Gasteiger partial charge in [-0.05, 0) is 55.0 Å². The van der Waals surface area contributed by atoms with Crippen LogP contribution in [0.25, 0.3) is 0 Å². The second kappa shape index (κ2) is 12.1. The summed E-state index contributed by atoms with van der Waals surface area (Å²) < 4.78 is 51.2. The van der Waals surface area contributed by atoms with E-state index in [9.17, 15) is 23.4 Å². The summed E-state index contributed by atoms with van der Waals surface area (Å²) in [5.41, 5.74) is 5.08. The predicted octanol–water partition coefficient (Wildman–Crippen LogP) is 3.76. The molecule has 9 heteroatoms. The summed E-state index contributed by atoms with van der Waals surface area (Å²) >= 11 is 0. The van der Waals surface area contributed by atoms with Crippen molar-refractivity contribution in [1.82, 2.24) is 0 Å². The fraction of sp³-hybridized carbons (Fsp3) is 0.455. The molecule has 0 aliphatic rings. The summed E-state index contributed by atoms with van der Waals surface area (Å²) in [6.45, 7) is -0.784. The molecule has 0 atom stereocenters. The summed E-state index contributed by atoms with van der Waals surface area (Å²) in [6.07, 6.45) is -3.08. The molecule has 0 aromatic heterocycles. The molecule has 0 fully saturated rings. The molecule has 0 amide bonds. The topological polar surface area (TPSA) is 84.9 Å². The maximum Gasteiger partial charge on any atom is 0.419 e. The lowest BCUT2D eigenvalue weighted by molar-refractivity contribution is -0.139. The molecule has 174 valence electrons. The molecule has 0 bridgehead atoms. The first kappa shape index (κ1) is 27.0. The number of hydrogen-bond acceptors (Lipinski definition) is 5. The number of hydrogen-bond donors (Lipinski definition) is 3. The Morgan fingerprint density at radius 1 is 0.968 bits per heavy atom. The third-order valence-corrected chi connectivity index (χ3v) is 4.93. The van der Waals surface area contributed by atoms with Gasteiger partial charge in [0.05, 0.1) is 38.0 Å². The molecule has 0 saturated heterocycles. The number of benzene rings is 2. The van der Waals surface area contributed by atoms with E-state index in [-0.39, 0.29) is 37.6 Å². The molecule has 0 unspecified atom stereocenters. The number of aryl methyl sites for hydroxylation is 2. The van der Waals surface area contributed by atoms with E-state index in [1.54, 1.807) is 13.2 Å². The smallest absolute Gasteiger partial charge is 0.419 e. The summed E-state index contributed by atoms with van der Waals surface area (Å²) in [4.78, 5) is 0. The van der Waals surface area contributed by atoms with Gasteiger partial charge in [-0.2, -0.15) is 13.2 Å². The number of rotatable bonds is 11. The van der Waals surface area contributed by atoms with Crippen LogP contribution in [0.3, 0.4) is 0 Å². The zero-order chi connectivity index (χ0) is 22.2. The van der Waals surface area contributed by atoms with E-state index in [0.29, 0.717) is 18.4 Å². The lowest BCUT2D eigenvalue weighted by atomic mass is 9.93. The Hall–Kier alpha value is -2.00. The van der Waals surface area contributed by atoms with Crippen molar-refractivity contribution < 1.29 is 32.9 Å². The number of methoxy groups -OCH3 is 1. The predicted molar refractivity (Wildman–Crippen MR) is 115 cm³/mol. The Labute approximate surface area is 186 Å². The van der Waals surface area contributed by atoms with E-state index >= 15 is 0 Å². The van der Waals surface area contributed by atoms with Gasteiger partial charge in [0, 0.05) is 0 Å². The standard InChI is InChI=1S/C22H28F3NO4.ClH/c1-29-19-7-3-2-5-17(19)6-4-12-30-20-9-8-16(13-18(20)22(23,24)25)10-11-21(26,14-27)15-28;/h2-3,5,7-9,13,27-28H,4,6,10-12,14-15,26H2,1H3;1H. The SMILES string of the molecule is COc1ccccc1CCCOc1ccc(CCC(N)(CO)CO)cc1C(F)(F)F.Cl. The van der Waals surface area contributed by atoms with Gasteiger partial charge in [-0.3, -0.25) is 0 Å². The van der Waals surface area contributed by atoms with Crippen LogP contribution < -0.4 is 15.2 Å². The van der Waals surface area contributed by atoms with Crippen molar-refractivity contribution in [3.05, 3.63) is 59.2 Å². The van der Waals surface area contributed by atoms with E-state index < -0.39 is 30.5 Å². The highest BCUT2D eigenvalue weighted by atomic mass is 35.5. The van der Waals surface area contributed by atoms with Crippen LogP contribution in [0.15, 0.2) is 42.5 Å². The van der Waals surface area contributed by atoms with Crippen LogP contribution in [0, 0.1) is 0 Å². The van der Waals surface area contributed by atoms with Crippen molar-refractivity contribution in [3.63, 3.8) is 0 Å². The molecule has 31 heavy (non-hydrogen) atoms. The number of aliphatic hydroxyl groups is 2.